The average Bonchev–Trinajstić information content (AvgIpc) is 2.42. The predicted octanol–water partition coefficient (Wildman–Crippen LogP) is 3.42. The van der Waals surface area contributed by atoms with E-state index in [9.17, 15) is 0 Å². The first kappa shape index (κ1) is 16.5. The number of methoxy groups -OCH3 is 1. The highest BCUT2D eigenvalue weighted by Crippen LogP contribution is 2.40. The van der Waals surface area contributed by atoms with E-state index in [-0.39, 0.29) is 12.6 Å². The van der Waals surface area contributed by atoms with Gasteiger partial charge < -0.3 is 15.2 Å². The largest absolute Gasteiger partial charge is 0.496 e. The lowest BCUT2D eigenvalue weighted by Crippen LogP contribution is -2.20. The summed E-state index contributed by atoms with van der Waals surface area (Å²) in [5, 5.41) is 12.4. The molecule has 1 atom stereocenters. The lowest BCUT2D eigenvalue weighted by molar-refractivity contribution is 0.275. The van der Waals surface area contributed by atoms with Crippen LogP contribution in [0.1, 0.15) is 41.1 Å². The first-order valence-corrected chi connectivity index (χ1v) is 7.40. The molecule has 1 aromatic carbocycles. The molecule has 19 heavy (non-hydrogen) atoms. The fourth-order valence-corrected chi connectivity index (χ4v) is 3.03. The fourth-order valence-electron chi connectivity index (χ4n) is 2.52. The summed E-state index contributed by atoms with van der Waals surface area (Å²) >= 11 is 3.68. The molecule has 0 heterocycles. The molecule has 0 fully saturated rings. The highest BCUT2D eigenvalue weighted by Gasteiger charge is 2.22. The van der Waals surface area contributed by atoms with Crippen LogP contribution in [0.25, 0.3) is 0 Å². The molecule has 1 aromatic rings. The minimum Gasteiger partial charge on any atom is -0.496 e. The highest BCUT2D eigenvalue weighted by atomic mass is 79.9. The first-order valence-electron chi connectivity index (χ1n) is 6.60. The fraction of sp³-hybridized carbons (Fsp3) is 0.600. The second-order valence-corrected chi connectivity index (χ2v) is 5.64. The smallest absolute Gasteiger partial charge is 0.127 e. The summed E-state index contributed by atoms with van der Waals surface area (Å²) in [4.78, 5) is 0. The number of aliphatic hydroxyl groups excluding tert-OH is 1. The quantitative estimate of drug-likeness (QED) is 0.840. The zero-order chi connectivity index (χ0) is 14.6. The molecule has 0 aliphatic rings. The lowest BCUT2D eigenvalue weighted by Gasteiger charge is -2.25. The van der Waals surface area contributed by atoms with Gasteiger partial charge in [0.15, 0.2) is 0 Å². The van der Waals surface area contributed by atoms with Crippen LogP contribution in [0.4, 0.5) is 0 Å². The average molecular weight is 330 g/mol. The van der Waals surface area contributed by atoms with Crippen molar-refractivity contribution in [2.24, 2.45) is 0 Å². The maximum absolute atomic E-state index is 9.04. The minimum atomic E-state index is 0.192. The standard InChI is InChI=1S/C15H24BrNO2/c1-9-10(2)15(19-5)13(11(3)14(9)16)12(17-4)7-6-8-18/h12,17-18H,6-8H2,1-5H3. The number of benzene rings is 1. The van der Waals surface area contributed by atoms with Crippen LogP contribution in [0.15, 0.2) is 4.47 Å². The van der Waals surface area contributed by atoms with Gasteiger partial charge in [-0.25, -0.2) is 0 Å². The van der Waals surface area contributed by atoms with Crippen LogP contribution in [0.3, 0.4) is 0 Å². The van der Waals surface area contributed by atoms with Crippen LogP contribution in [-0.4, -0.2) is 25.9 Å². The maximum Gasteiger partial charge on any atom is 0.127 e. The molecular formula is C15H24BrNO2. The third kappa shape index (κ3) is 3.30. The molecule has 0 bridgehead atoms. The Balaban J connectivity index is 3.38. The van der Waals surface area contributed by atoms with Crippen molar-refractivity contribution in [3.05, 3.63) is 26.7 Å². The maximum atomic E-state index is 9.04. The van der Waals surface area contributed by atoms with Gasteiger partial charge >= 0.3 is 0 Å². The molecule has 1 rings (SSSR count). The van der Waals surface area contributed by atoms with Crippen molar-refractivity contribution in [1.29, 1.82) is 0 Å². The van der Waals surface area contributed by atoms with Crippen molar-refractivity contribution in [3.63, 3.8) is 0 Å². The van der Waals surface area contributed by atoms with Crippen molar-refractivity contribution >= 4 is 15.9 Å². The van der Waals surface area contributed by atoms with Gasteiger partial charge in [-0.15, -0.1) is 0 Å². The molecule has 4 heteroatoms. The predicted molar refractivity (Wildman–Crippen MR) is 83.0 cm³/mol. The van der Waals surface area contributed by atoms with E-state index in [4.69, 9.17) is 9.84 Å². The van der Waals surface area contributed by atoms with Crippen LogP contribution in [0, 0.1) is 20.8 Å². The van der Waals surface area contributed by atoms with Gasteiger partial charge in [0, 0.05) is 22.7 Å². The Labute approximate surface area is 124 Å². The molecular weight excluding hydrogens is 306 g/mol. The number of ether oxygens (including phenoxy) is 1. The van der Waals surface area contributed by atoms with Crippen LogP contribution in [0.2, 0.25) is 0 Å². The topological polar surface area (TPSA) is 41.5 Å². The number of rotatable bonds is 6. The molecule has 3 nitrogen and oxygen atoms in total. The van der Waals surface area contributed by atoms with E-state index in [1.807, 2.05) is 7.05 Å². The summed E-state index contributed by atoms with van der Waals surface area (Å²) in [6, 6.07) is 0.192. The van der Waals surface area contributed by atoms with Gasteiger partial charge in [0.25, 0.3) is 0 Å². The Kier molecular flexibility index (Phi) is 6.30. The Morgan fingerprint density at radius 3 is 2.32 bits per heavy atom. The van der Waals surface area contributed by atoms with Crippen LogP contribution in [-0.2, 0) is 0 Å². The molecule has 0 radical (unpaired) electrons. The number of aliphatic hydroxyl groups is 1. The molecule has 0 aliphatic heterocycles. The number of hydrogen-bond donors (Lipinski definition) is 2. The van der Waals surface area contributed by atoms with E-state index in [1.165, 1.54) is 22.3 Å². The van der Waals surface area contributed by atoms with Gasteiger partial charge in [-0.2, -0.15) is 0 Å². The number of nitrogens with one attached hydrogen (secondary N) is 1. The van der Waals surface area contributed by atoms with E-state index < -0.39 is 0 Å². The summed E-state index contributed by atoms with van der Waals surface area (Å²) < 4.78 is 6.78. The second kappa shape index (κ2) is 7.27. The van der Waals surface area contributed by atoms with Crippen molar-refractivity contribution in [2.45, 2.75) is 39.7 Å². The van der Waals surface area contributed by atoms with E-state index in [0.29, 0.717) is 0 Å². The van der Waals surface area contributed by atoms with E-state index in [1.54, 1.807) is 7.11 Å². The van der Waals surface area contributed by atoms with Crippen LogP contribution >= 0.6 is 15.9 Å². The van der Waals surface area contributed by atoms with Crippen LogP contribution in [0.5, 0.6) is 5.75 Å². The summed E-state index contributed by atoms with van der Waals surface area (Å²) in [5.74, 6) is 0.954. The first-order chi connectivity index (χ1) is 8.99. The van der Waals surface area contributed by atoms with Gasteiger partial charge in [-0.3, -0.25) is 0 Å². The molecule has 0 saturated heterocycles. The third-order valence-corrected chi connectivity index (χ3v) is 4.95. The monoisotopic (exact) mass is 329 g/mol. The number of hydrogen-bond acceptors (Lipinski definition) is 3. The molecule has 2 N–H and O–H groups in total. The zero-order valence-corrected chi connectivity index (χ0v) is 14.0. The molecule has 108 valence electrons. The molecule has 0 aliphatic carbocycles. The lowest BCUT2D eigenvalue weighted by atomic mass is 9.92. The number of halogens is 1. The summed E-state index contributed by atoms with van der Waals surface area (Å²) in [7, 11) is 3.67. The Morgan fingerprint density at radius 1 is 1.21 bits per heavy atom. The van der Waals surface area contributed by atoms with Gasteiger partial charge in [0.05, 0.1) is 7.11 Å². The summed E-state index contributed by atoms with van der Waals surface area (Å²) in [6.07, 6.45) is 1.66. The van der Waals surface area contributed by atoms with E-state index in [0.717, 1.165) is 23.1 Å². The second-order valence-electron chi connectivity index (χ2n) is 4.84. The minimum absolute atomic E-state index is 0.192. The normalized spacial score (nSPS) is 12.6. The highest BCUT2D eigenvalue weighted by molar-refractivity contribution is 9.10. The van der Waals surface area contributed by atoms with Gasteiger partial charge in [-0.05, 0) is 57.4 Å². The van der Waals surface area contributed by atoms with Gasteiger partial charge in [-0.1, -0.05) is 15.9 Å². The molecule has 0 spiro atoms. The summed E-state index contributed by atoms with van der Waals surface area (Å²) in [5.41, 5.74) is 4.78. The zero-order valence-electron chi connectivity index (χ0n) is 12.4. The molecule has 0 aromatic heterocycles. The Hall–Kier alpha value is -0.580. The van der Waals surface area contributed by atoms with Crippen LogP contribution < -0.4 is 10.1 Å². The van der Waals surface area contributed by atoms with Gasteiger partial charge in [0.2, 0.25) is 0 Å². The molecule has 0 amide bonds. The Bertz CT molecular complexity index is 447. The van der Waals surface area contributed by atoms with Crippen molar-refractivity contribution in [1.82, 2.24) is 5.32 Å². The van der Waals surface area contributed by atoms with Gasteiger partial charge in [0.1, 0.15) is 5.75 Å². The summed E-state index contributed by atoms with van der Waals surface area (Å²) in [6.45, 7) is 6.50. The molecule has 0 saturated carbocycles. The Morgan fingerprint density at radius 2 is 1.84 bits per heavy atom. The van der Waals surface area contributed by atoms with E-state index >= 15 is 0 Å². The van der Waals surface area contributed by atoms with E-state index in [2.05, 4.69) is 42.0 Å². The third-order valence-electron chi connectivity index (χ3n) is 3.76. The van der Waals surface area contributed by atoms with Crippen molar-refractivity contribution < 1.29 is 9.84 Å². The SMILES string of the molecule is CNC(CCCO)c1c(C)c(Br)c(C)c(C)c1OC. The van der Waals surface area contributed by atoms with Crippen molar-refractivity contribution in [3.8, 4) is 5.75 Å². The molecule has 1 unspecified atom stereocenters. The van der Waals surface area contributed by atoms with Crippen molar-refractivity contribution in [2.75, 3.05) is 20.8 Å².